The maximum absolute atomic E-state index is 9.22. The zero-order chi connectivity index (χ0) is 22.2. The minimum Gasteiger partial charge on any atom is -0.300 e. The molecule has 0 fully saturated rings. The van der Waals surface area contributed by atoms with Crippen LogP contribution >= 0.6 is 0 Å². The van der Waals surface area contributed by atoms with Gasteiger partial charge in [-0.1, -0.05) is 91.0 Å². The molecule has 0 aliphatic heterocycles. The summed E-state index contributed by atoms with van der Waals surface area (Å²) in [7, 11) is 0. The van der Waals surface area contributed by atoms with Crippen LogP contribution in [0.25, 0.3) is 11.6 Å². The first kappa shape index (κ1) is 20.2. The molecule has 1 atom stereocenters. The van der Waals surface area contributed by atoms with Crippen LogP contribution in [0.5, 0.6) is 0 Å². The Kier molecular flexibility index (Phi) is 5.11. The fourth-order valence-electron chi connectivity index (χ4n) is 4.89. The summed E-state index contributed by atoms with van der Waals surface area (Å²) in [4.78, 5) is 0. The van der Waals surface area contributed by atoms with Crippen molar-refractivity contribution in [3.63, 3.8) is 0 Å². The molecule has 1 heteroatoms. The van der Waals surface area contributed by atoms with Crippen molar-refractivity contribution in [1.82, 2.24) is 0 Å². The molecular weight excluding hydrogens is 386 g/mol. The number of benzene rings is 4. The molecule has 0 radical (unpaired) electrons. The Balaban J connectivity index is 1.68. The third-order valence-electron chi connectivity index (χ3n) is 6.90. The van der Waals surface area contributed by atoms with Crippen molar-refractivity contribution in [2.45, 2.75) is 26.7 Å². The molecule has 0 amide bonds. The molecule has 156 valence electrons. The Bertz CT molecular complexity index is 1360. The number of allylic oxidation sites excluding steroid dienone is 1. The van der Waals surface area contributed by atoms with Crippen molar-refractivity contribution in [3.05, 3.63) is 141 Å². The lowest BCUT2D eigenvalue weighted by atomic mass is 9.81. The maximum Gasteiger partial charge on any atom is 0.0690 e. The van der Waals surface area contributed by atoms with Crippen molar-refractivity contribution in [1.29, 1.82) is 5.41 Å². The molecule has 1 aliphatic rings. The molecule has 0 saturated heterocycles. The van der Waals surface area contributed by atoms with Gasteiger partial charge >= 0.3 is 0 Å². The second-order valence-corrected chi connectivity index (χ2v) is 8.67. The summed E-state index contributed by atoms with van der Waals surface area (Å²) in [6.45, 7) is 6.42. The Hall–Kier alpha value is -3.71. The standard InChI is InChI=1S/C31H27N/c1-20-17-18-25(22(3)21(20)2)31(32)28-16-10-9-15-27(28)30-26-14-8-7-13-24(26)19-29(30)23-11-5-4-6-12-23/h4-19,30,32H,1-3H3. The summed E-state index contributed by atoms with van der Waals surface area (Å²) in [5, 5.41) is 9.22. The maximum atomic E-state index is 9.22. The fraction of sp³-hybridized carbons (Fsp3) is 0.129. The van der Waals surface area contributed by atoms with Gasteiger partial charge in [0, 0.05) is 17.0 Å². The monoisotopic (exact) mass is 413 g/mol. The van der Waals surface area contributed by atoms with Crippen molar-refractivity contribution in [3.8, 4) is 0 Å². The highest BCUT2D eigenvalue weighted by molar-refractivity contribution is 6.13. The molecule has 0 spiro atoms. The van der Waals surface area contributed by atoms with Gasteiger partial charge in [-0.3, -0.25) is 5.41 Å². The van der Waals surface area contributed by atoms with Crippen LogP contribution in [0.15, 0.2) is 91.0 Å². The largest absolute Gasteiger partial charge is 0.300 e. The van der Waals surface area contributed by atoms with E-state index in [0.717, 1.165) is 11.1 Å². The van der Waals surface area contributed by atoms with Gasteiger partial charge in [0.2, 0.25) is 0 Å². The number of aryl methyl sites for hydroxylation is 1. The van der Waals surface area contributed by atoms with E-state index in [2.05, 4.69) is 118 Å². The van der Waals surface area contributed by atoms with Crippen molar-refractivity contribution < 1.29 is 0 Å². The van der Waals surface area contributed by atoms with Gasteiger partial charge in [-0.2, -0.15) is 0 Å². The zero-order valence-corrected chi connectivity index (χ0v) is 18.8. The lowest BCUT2D eigenvalue weighted by Gasteiger charge is -2.22. The molecule has 5 rings (SSSR count). The summed E-state index contributed by atoms with van der Waals surface area (Å²) in [6, 6.07) is 32.0. The highest BCUT2D eigenvalue weighted by atomic mass is 14.4. The molecule has 0 aromatic heterocycles. The van der Waals surface area contributed by atoms with E-state index < -0.39 is 0 Å². The van der Waals surface area contributed by atoms with Crippen LogP contribution in [0.2, 0.25) is 0 Å². The normalized spacial score (nSPS) is 14.7. The van der Waals surface area contributed by atoms with E-state index in [4.69, 9.17) is 0 Å². The minimum atomic E-state index is 0.108. The molecule has 1 N–H and O–H groups in total. The molecule has 0 saturated carbocycles. The lowest BCUT2D eigenvalue weighted by molar-refractivity contribution is 1.06. The first-order valence-corrected chi connectivity index (χ1v) is 11.2. The van der Waals surface area contributed by atoms with Gasteiger partial charge in [-0.05, 0) is 71.4 Å². The van der Waals surface area contributed by atoms with E-state index in [9.17, 15) is 5.41 Å². The van der Waals surface area contributed by atoms with Crippen LogP contribution in [0.1, 0.15) is 56.0 Å². The van der Waals surface area contributed by atoms with Crippen LogP contribution in [0.3, 0.4) is 0 Å². The number of hydrogen-bond donors (Lipinski definition) is 1. The van der Waals surface area contributed by atoms with Gasteiger partial charge in [0.05, 0.1) is 5.71 Å². The molecule has 4 aromatic rings. The fourth-order valence-corrected chi connectivity index (χ4v) is 4.89. The predicted molar refractivity (Wildman–Crippen MR) is 136 cm³/mol. The Morgan fingerprint density at radius 1 is 0.625 bits per heavy atom. The van der Waals surface area contributed by atoms with Crippen molar-refractivity contribution >= 4 is 17.4 Å². The molecule has 0 heterocycles. The lowest BCUT2D eigenvalue weighted by Crippen LogP contribution is -2.12. The Morgan fingerprint density at radius 2 is 1.28 bits per heavy atom. The van der Waals surface area contributed by atoms with E-state index in [1.54, 1.807) is 0 Å². The van der Waals surface area contributed by atoms with Gasteiger partial charge in [0.15, 0.2) is 0 Å². The van der Waals surface area contributed by atoms with Crippen LogP contribution in [0.4, 0.5) is 0 Å². The second-order valence-electron chi connectivity index (χ2n) is 8.67. The third kappa shape index (κ3) is 3.31. The highest BCUT2D eigenvalue weighted by Gasteiger charge is 2.30. The van der Waals surface area contributed by atoms with Gasteiger partial charge in [-0.15, -0.1) is 0 Å². The summed E-state index contributed by atoms with van der Waals surface area (Å²) in [5.41, 5.74) is 12.6. The number of nitrogens with one attached hydrogen (secondary N) is 1. The zero-order valence-electron chi connectivity index (χ0n) is 18.8. The molecule has 4 aromatic carbocycles. The van der Waals surface area contributed by atoms with Gasteiger partial charge in [0.25, 0.3) is 0 Å². The summed E-state index contributed by atoms with van der Waals surface area (Å²) in [6.07, 6.45) is 2.32. The van der Waals surface area contributed by atoms with Gasteiger partial charge in [0.1, 0.15) is 0 Å². The van der Waals surface area contributed by atoms with Gasteiger partial charge < -0.3 is 0 Å². The van der Waals surface area contributed by atoms with E-state index in [0.29, 0.717) is 5.71 Å². The van der Waals surface area contributed by atoms with Crippen LogP contribution in [0, 0.1) is 26.2 Å². The first-order chi connectivity index (χ1) is 15.6. The van der Waals surface area contributed by atoms with Gasteiger partial charge in [-0.25, -0.2) is 0 Å². The Labute approximate surface area is 190 Å². The summed E-state index contributed by atoms with van der Waals surface area (Å²) >= 11 is 0. The van der Waals surface area contributed by atoms with E-state index in [-0.39, 0.29) is 5.92 Å². The summed E-state index contributed by atoms with van der Waals surface area (Å²) in [5.74, 6) is 0.108. The molecule has 1 aliphatic carbocycles. The average Bonchev–Trinajstić information content (AvgIpc) is 3.22. The van der Waals surface area contributed by atoms with Crippen molar-refractivity contribution in [2.75, 3.05) is 0 Å². The Morgan fingerprint density at radius 3 is 2.06 bits per heavy atom. The smallest absolute Gasteiger partial charge is 0.0690 e. The van der Waals surface area contributed by atoms with Crippen LogP contribution in [-0.2, 0) is 0 Å². The molecule has 1 unspecified atom stereocenters. The summed E-state index contributed by atoms with van der Waals surface area (Å²) < 4.78 is 0. The van der Waals surface area contributed by atoms with E-state index >= 15 is 0 Å². The van der Waals surface area contributed by atoms with Crippen molar-refractivity contribution in [2.24, 2.45) is 0 Å². The highest BCUT2D eigenvalue weighted by Crippen LogP contribution is 2.47. The quantitative estimate of drug-likeness (QED) is 0.331. The number of rotatable bonds is 4. The average molecular weight is 414 g/mol. The topological polar surface area (TPSA) is 23.9 Å². The first-order valence-electron chi connectivity index (χ1n) is 11.2. The van der Waals surface area contributed by atoms with E-state index in [1.807, 2.05) is 0 Å². The van der Waals surface area contributed by atoms with Crippen LogP contribution < -0.4 is 0 Å². The molecular formula is C31H27N. The second kappa shape index (κ2) is 8.09. The number of hydrogen-bond acceptors (Lipinski definition) is 1. The SMILES string of the molecule is Cc1ccc(C(=N)c2ccccc2C2C(c3ccccc3)=Cc3ccccc32)c(C)c1C. The molecule has 32 heavy (non-hydrogen) atoms. The third-order valence-corrected chi connectivity index (χ3v) is 6.90. The molecule has 1 nitrogen and oxygen atoms in total. The number of fused-ring (bicyclic) bond motifs is 1. The van der Waals surface area contributed by atoms with Crippen LogP contribution in [-0.4, -0.2) is 5.71 Å². The minimum absolute atomic E-state index is 0.108. The molecule has 0 bridgehead atoms. The van der Waals surface area contributed by atoms with E-state index in [1.165, 1.54) is 44.5 Å². The predicted octanol–water partition coefficient (Wildman–Crippen LogP) is 7.71.